The van der Waals surface area contributed by atoms with E-state index < -0.39 is 18.7 Å². The van der Waals surface area contributed by atoms with Crippen LogP contribution in [0.3, 0.4) is 0 Å². The van der Waals surface area contributed by atoms with Crippen molar-refractivity contribution in [3.8, 4) is 5.75 Å². The second-order valence-electron chi connectivity index (χ2n) is 4.94. The standard InChI is InChI=1S/C15H15F3N4O2/c1-9-20-6-11(13(19)22-9)7-21-14(23)10-3-2-4-12(5-10)24-8-15(16,17)18/h2-6H,7-8H2,1H3,(H,21,23)(H2,19,20,22). The molecule has 0 fully saturated rings. The molecule has 0 bridgehead atoms. The van der Waals surface area contributed by atoms with E-state index in [1.165, 1.54) is 30.5 Å². The summed E-state index contributed by atoms with van der Waals surface area (Å²) in [6, 6.07) is 5.47. The highest BCUT2D eigenvalue weighted by molar-refractivity contribution is 5.94. The first kappa shape index (κ1) is 17.5. The minimum atomic E-state index is -4.44. The molecule has 0 aliphatic rings. The van der Waals surface area contributed by atoms with Gasteiger partial charge in [0.2, 0.25) is 0 Å². The number of hydrogen-bond acceptors (Lipinski definition) is 5. The molecule has 6 nitrogen and oxygen atoms in total. The van der Waals surface area contributed by atoms with Gasteiger partial charge in [0, 0.05) is 23.9 Å². The van der Waals surface area contributed by atoms with Gasteiger partial charge in [0.25, 0.3) is 5.91 Å². The lowest BCUT2D eigenvalue weighted by molar-refractivity contribution is -0.153. The SMILES string of the molecule is Cc1ncc(CNC(=O)c2cccc(OCC(F)(F)F)c2)c(N)n1. The molecule has 0 radical (unpaired) electrons. The Kier molecular flexibility index (Phi) is 5.22. The van der Waals surface area contributed by atoms with Gasteiger partial charge in [-0.25, -0.2) is 9.97 Å². The molecule has 128 valence electrons. The molecule has 1 aromatic carbocycles. The van der Waals surface area contributed by atoms with Gasteiger partial charge in [-0.3, -0.25) is 4.79 Å². The highest BCUT2D eigenvalue weighted by Crippen LogP contribution is 2.19. The number of benzene rings is 1. The van der Waals surface area contributed by atoms with Gasteiger partial charge >= 0.3 is 6.18 Å². The number of anilines is 1. The molecule has 0 aliphatic carbocycles. The van der Waals surface area contributed by atoms with Crippen LogP contribution in [0.25, 0.3) is 0 Å². The molecule has 2 aromatic rings. The van der Waals surface area contributed by atoms with Crippen molar-refractivity contribution in [2.24, 2.45) is 0 Å². The number of alkyl halides is 3. The molecule has 1 aromatic heterocycles. The Hall–Kier alpha value is -2.84. The Morgan fingerprint density at radius 3 is 2.79 bits per heavy atom. The number of carbonyl (C=O) groups is 1. The van der Waals surface area contributed by atoms with Crippen molar-refractivity contribution in [3.63, 3.8) is 0 Å². The third-order valence-corrected chi connectivity index (χ3v) is 2.96. The predicted molar refractivity (Wildman–Crippen MR) is 80.3 cm³/mol. The van der Waals surface area contributed by atoms with Crippen molar-refractivity contribution in [3.05, 3.63) is 47.4 Å². The third kappa shape index (κ3) is 5.11. The highest BCUT2D eigenvalue weighted by Gasteiger charge is 2.28. The van der Waals surface area contributed by atoms with E-state index in [1.807, 2.05) is 0 Å². The van der Waals surface area contributed by atoms with Crippen LogP contribution in [0, 0.1) is 6.92 Å². The van der Waals surface area contributed by atoms with Crippen LogP contribution in [0.5, 0.6) is 5.75 Å². The van der Waals surface area contributed by atoms with Crippen molar-refractivity contribution in [2.75, 3.05) is 12.3 Å². The average Bonchev–Trinajstić information content (AvgIpc) is 2.51. The second-order valence-corrected chi connectivity index (χ2v) is 4.94. The van der Waals surface area contributed by atoms with Gasteiger partial charge in [0.15, 0.2) is 6.61 Å². The summed E-state index contributed by atoms with van der Waals surface area (Å²) in [5.74, 6) is 0.243. The first-order chi connectivity index (χ1) is 11.2. The normalized spacial score (nSPS) is 11.2. The number of aromatic nitrogens is 2. The number of halogens is 3. The van der Waals surface area contributed by atoms with Gasteiger partial charge in [-0.1, -0.05) is 6.07 Å². The summed E-state index contributed by atoms with van der Waals surface area (Å²) in [6.07, 6.45) is -2.94. The van der Waals surface area contributed by atoms with Crippen LogP contribution >= 0.6 is 0 Å². The molecule has 24 heavy (non-hydrogen) atoms. The predicted octanol–water partition coefficient (Wildman–Crippen LogP) is 2.24. The Bertz CT molecular complexity index is 735. The number of amides is 1. The van der Waals surface area contributed by atoms with Gasteiger partial charge in [-0.05, 0) is 25.1 Å². The van der Waals surface area contributed by atoms with E-state index >= 15 is 0 Å². The molecule has 0 saturated heterocycles. The number of hydrogen-bond donors (Lipinski definition) is 2. The van der Waals surface area contributed by atoms with E-state index in [2.05, 4.69) is 20.0 Å². The zero-order chi connectivity index (χ0) is 17.7. The lowest BCUT2D eigenvalue weighted by Crippen LogP contribution is -2.24. The van der Waals surface area contributed by atoms with E-state index in [0.717, 1.165) is 0 Å². The van der Waals surface area contributed by atoms with E-state index in [-0.39, 0.29) is 23.7 Å². The molecule has 0 unspecified atom stereocenters. The zero-order valence-corrected chi connectivity index (χ0v) is 12.7. The van der Waals surface area contributed by atoms with Crippen molar-refractivity contribution in [1.82, 2.24) is 15.3 Å². The van der Waals surface area contributed by atoms with Crippen molar-refractivity contribution < 1.29 is 22.7 Å². The molecule has 9 heteroatoms. The summed E-state index contributed by atoms with van der Waals surface area (Å²) in [6.45, 7) is 0.360. The lowest BCUT2D eigenvalue weighted by Gasteiger charge is -2.11. The minimum Gasteiger partial charge on any atom is -0.484 e. The van der Waals surface area contributed by atoms with Gasteiger partial charge < -0.3 is 15.8 Å². The third-order valence-electron chi connectivity index (χ3n) is 2.96. The summed E-state index contributed by atoms with van der Waals surface area (Å²) >= 11 is 0. The minimum absolute atomic E-state index is 0.0434. The molecular formula is C15H15F3N4O2. The van der Waals surface area contributed by atoms with E-state index in [1.54, 1.807) is 6.92 Å². The van der Waals surface area contributed by atoms with Gasteiger partial charge in [0.1, 0.15) is 17.4 Å². The maximum absolute atomic E-state index is 12.1. The molecule has 0 saturated carbocycles. The number of nitrogen functional groups attached to an aromatic ring is 1. The zero-order valence-electron chi connectivity index (χ0n) is 12.7. The van der Waals surface area contributed by atoms with Crippen molar-refractivity contribution >= 4 is 11.7 Å². The first-order valence-corrected chi connectivity index (χ1v) is 6.90. The van der Waals surface area contributed by atoms with Crippen molar-refractivity contribution in [2.45, 2.75) is 19.6 Å². The molecule has 3 N–H and O–H groups in total. The Morgan fingerprint density at radius 2 is 2.12 bits per heavy atom. The van der Waals surface area contributed by atoms with Crippen LogP contribution < -0.4 is 15.8 Å². The van der Waals surface area contributed by atoms with Crippen LogP contribution in [0.1, 0.15) is 21.7 Å². The summed E-state index contributed by atoms with van der Waals surface area (Å²) < 4.78 is 41.1. The Labute approximate surface area is 135 Å². The van der Waals surface area contributed by atoms with E-state index in [4.69, 9.17) is 5.73 Å². The smallest absolute Gasteiger partial charge is 0.422 e. The molecule has 1 heterocycles. The van der Waals surface area contributed by atoms with E-state index in [9.17, 15) is 18.0 Å². The van der Waals surface area contributed by atoms with Gasteiger partial charge in [0.05, 0.1) is 0 Å². The van der Waals surface area contributed by atoms with Gasteiger partial charge in [-0.15, -0.1) is 0 Å². The highest BCUT2D eigenvalue weighted by atomic mass is 19.4. The molecule has 0 aliphatic heterocycles. The molecule has 1 amide bonds. The lowest BCUT2D eigenvalue weighted by atomic mass is 10.2. The Balaban J connectivity index is 1.99. The number of nitrogens with two attached hydrogens (primary N) is 1. The number of carbonyl (C=O) groups excluding carboxylic acids is 1. The van der Waals surface area contributed by atoms with Crippen LogP contribution in [-0.4, -0.2) is 28.7 Å². The quantitative estimate of drug-likeness (QED) is 0.871. The molecule has 0 atom stereocenters. The number of rotatable bonds is 5. The summed E-state index contributed by atoms with van der Waals surface area (Å²) in [7, 11) is 0. The fraction of sp³-hybridized carbons (Fsp3) is 0.267. The maximum Gasteiger partial charge on any atom is 0.422 e. The first-order valence-electron chi connectivity index (χ1n) is 6.90. The summed E-state index contributed by atoms with van der Waals surface area (Å²) in [4.78, 5) is 20.0. The molecule has 2 rings (SSSR count). The van der Waals surface area contributed by atoms with Crippen LogP contribution in [0.2, 0.25) is 0 Å². The summed E-state index contributed by atoms with van der Waals surface area (Å²) in [5, 5.41) is 2.60. The van der Waals surface area contributed by atoms with Crippen LogP contribution in [-0.2, 0) is 6.54 Å². The number of aryl methyl sites for hydroxylation is 1. The number of nitrogens with zero attached hydrogens (tertiary/aromatic N) is 2. The van der Waals surface area contributed by atoms with Crippen LogP contribution in [0.15, 0.2) is 30.5 Å². The fourth-order valence-electron chi connectivity index (χ4n) is 1.82. The monoisotopic (exact) mass is 340 g/mol. The summed E-state index contributed by atoms with van der Waals surface area (Å²) in [5.41, 5.74) is 6.43. The van der Waals surface area contributed by atoms with Crippen molar-refractivity contribution in [1.29, 1.82) is 0 Å². The molecule has 0 spiro atoms. The maximum atomic E-state index is 12.1. The average molecular weight is 340 g/mol. The fourth-order valence-corrected chi connectivity index (χ4v) is 1.82. The topological polar surface area (TPSA) is 90.1 Å². The van der Waals surface area contributed by atoms with E-state index in [0.29, 0.717) is 11.4 Å². The van der Waals surface area contributed by atoms with Crippen LogP contribution in [0.4, 0.5) is 19.0 Å². The number of nitrogens with one attached hydrogen (secondary N) is 1. The van der Waals surface area contributed by atoms with Gasteiger partial charge in [-0.2, -0.15) is 13.2 Å². The Morgan fingerprint density at radius 1 is 1.38 bits per heavy atom. The largest absolute Gasteiger partial charge is 0.484 e. The molecular weight excluding hydrogens is 325 g/mol. The number of ether oxygens (including phenoxy) is 1. The second kappa shape index (κ2) is 7.16.